The Hall–Kier alpha value is -1.17. The maximum Gasteiger partial charge on any atom is 0.0964 e. The lowest BCUT2D eigenvalue weighted by atomic mass is 10.1. The van der Waals surface area contributed by atoms with Crippen LogP contribution in [0.5, 0.6) is 0 Å². The molecule has 1 aliphatic heterocycles. The number of benzene rings is 2. The Balaban J connectivity index is 2.01. The first-order chi connectivity index (χ1) is 11.5. The second-order valence-corrected chi connectivity index (χ2v) is 22.5. The first-order valence-electron chi connectivity index (χ1n) is 9.37. The molecule has 0 radical (unpaired) electrons. The highest BCUT2D eigenvalue weighted by molar-refractivity contribution is 7.50. The van der Waals surface area contributed by atoms with Crippen molar-refractivity contribution in [3.63, 3.8) is 0 Å². The second-order valence-electron chi connectivity index (χ2n) is 8.03. The van der Waals surface area contributed by atoms with Crippen molar-refractivity contribution in [1.29, 1.82) is 0 Å². The number of hydrogen-bond acceptors (Lipinski definition) is 1. The zero-order valence-electron chi connectivity index (χ0n) is 15.5. The summed E-state index contributed by atoms with van der Waals surface area (Å²) in [4.78, 5) is 2.78. The standard InChI is InChI=1S/C21H31NSi2/c1-23(2,20-13-7-4-8-14-20)24(3,21-15-9-5-10-16-21)19-22-17-11-6-12-18-22/h4-5,7-10,13-16H,6,11-12,17-19H2,1-3H3. The highest BCUT2D eigenvalue weighted by Crippen LogP contribution is 2.23. The van der Waals surface area contributed by atoms with Crippen molar-refractivity contribution in [2.45, 2.75) is 38.9 Å². The van der Waals surface area contributed by atoms with E-state index in [9.17, 15) is 0 Å². The van der Waals surface area contributed by atoms with Crippen LogP contribution in [0.3, 0.4) is 0 Å². The number of likely N-dealkylation sites (tertiary alicyclic amines) is 1. The molecule has 128 valence electrons. The van der Waals surface area contributed by atoms with Gasteiger partial charge in [-0.25, -0.2) is 0 Å². The molecule has 1 nitrogen and oxygen atoms in total. The number of nitrogens with zero attached hydrogens (tertiary/aromatic N) is 1. The lowest BCUT2D eigenvalue weighted by Crippen LogP contribution is -2.75. The van der Waals surface area contributed by atoms with Gasteiger partial charge >= 0.3 is 0 Å². The van der Waals surface area contributed by atoms with Crippen LogP contribution in [0.15, 0.2) is 60.7 Å². The second kappa shape index (κ2) is 7.38. The molecule has 0 N–H and O–H groups in total. The monoisotopic (exact) mass is 353 g/mol. The van der Waals surface area contributed by atoms with E-state index in [0.717, 1.165) is 0 Å². The van der Waals surface area contributed by atoms with E-state index in [1.165, 1.54) is 38.5 Å². The van der Waals surface area contributed by atoms with Crippen LogP contribution in [0.25, 0.3) is 0 Å². The fraction of sp³-hybridized carbons (Fsp3) is 0.429. The average molecular weight is 354 g/mol. The van der Waals surface area contributed by atoms with E-state index < -0.39 is 15.2 Å². The van der Waals surface area contributed by atoms with Crippen molar-refractivity contribution < 1.29 is 0 Å². The third kappa shape index (κ3) is 3.44. The van der Waals surface area contributed by atoms with E-state index >= 15 is 0 Å². The Morgan fingerprint density at radius 2 is 1.21 bits per heavy atom. The predicted molar refractivity (Wildman–Crippen MR) is 112 cm³/mol. The van der Waals surface area contributed by atoms with Gasteiger partial charge < -0.3 is 4.90 Å². The smallest absolute Gasteiger partial charge is 0.0964 e. The molecule has 0 aliphatic carbocycles. The summed E-state index contributed by atoms with van der Waals surface area (Å²) in [7, 11) is -3.18. The summed E-state index contributed by atoms with van der Waals surface area (Å²) in [5.74, 6) is 0. The van der Waals surface area contributed by atoms with Gasteiger partial charge in [0.25, 0.3) is 0 Å². The van der Waals surface area contributed by atoms with E-state index in [2.05, 4.69) is 85.2 Å². The molecule has 0 aromatic heterocycles. The van der Waals surface area contributed by atoms with Crippen LogP contribution in [0.2, 0.25) is 19.6 Å². The van der Waals surface area contributed by atoms with E-state index in [0.29, 0.717) is 0 Å². The van der Waals surface area contributed by atoms with E-state index in [4.69, 9.17) is 0 Å². The molecule has 2 aromatic carbocycles. The highest BCUT2D eigenvalue weighted by Gasteiger charge is 2.48. The number of piperidine rings is 1. The van der Waals surface area contributed by atoms with Crippen molar-refractivity contribution in [3.8, 4) is 0 Å². The van der Waals surface area contributed by atoms with Gasteiger partial charge in [-0.15, -0.1) is 0 Å². The molecule has 24 heavy (non-hydrogen) atoms. The maximum atomic E-state index is 2.78. The van der Waals surface area contributed by atoms with Gasteiger partial charge in [0.05, 0.1) is 15.2 Å². The lowest BCUT2D eigenvalue weighted by Gasteiger charge is -2.45. The largest absolute Gasteiger partial charge is 0.306 e. The molecule has 1 unspecified atom stereocenters. The summed E-state index contributed by atoms with van der Waals surface area (Å²) < 4.78 is 0. The van der Waals surface area contributed by atoms with Crippen molar-refractivity contribution in [2.24, 2.45) is 0 Å². The molecule has 3 heteroatoms. The van der Waals surface area contributed by atoms with Crippen LogP contribution in [0, 0.1) is 0 Å². The first-order valence-corrected chi connectivity index (χ1v) is 16.1. The number of rotatable bonds is 5. The van der Waals surface area contributed by atoms with Gasteiger partial charge in [-0.2, -0.15) is 0 Å². The molecule has 0 spiro atoms. The molecule has 0 amide bonds. The van der Waals surface area contributed by atoms with Crippen LogP contribution in [-0.4, -0.2) is 39.3 Å². The average Bonchev–Trinajstić information content (AvgIpc) is 2.64. The van der Waals surface area contributed by atoms with Gasteiger partial charge in [0.15, 0.2) is 0 Å². The van der Waals surface area contributed by atoms with Crippen LogP contribution in [0.4, 0.5) is 0 Å². The van der Waals surface area contributed by atoms with Gasteiger partial charge in [0.2, 0.25) is 0 Å². The molecule has 1 atom stereocenters. The Morgan fingerprint density at radius 3 is 1.75 bits per heavy atom. The first kappa shape index (κ1) is 17.7. The van der Waals surface area contributed by atoms with Crippen molar-refractivity contribution >= 4 is 25.6 Å². The van der Waals surface area contributed by atoms with Crippen LogP contribution >= 0.6 is 0 Å². The lowest BCUT2D eigenvalue weighted by molar-refractivity contribution is 0.260. The van der Waals surface area contributed by atoms with Gasteiger partial charge in [-0.05, 0) is 32.1 Å². The summed E-state index contributed by atoms with van der Waals surface area (Å²) in [6.45, 7) is 10.5. The number of hydrogen-bond donors (Lipinski definition) is 0. The van der Waals surface area contributed by atoms with E-state index in [1.54, 1.807) is 10.4 Å². The summed E-state index contributed by atoms with van der Waals surface area (Å²) in [6, 6.07) is 22.8. The SMILES string of the molecule is C[Si](C)(c1ccccc1)[Si](C)(CN1CCCCC1)c1ccccc1. The fourth-order valence-corrected chi connectivity index (χ4v) is 16.2. The quantitative estimate of drug-likeness (QED) is 0.741. The third-order valence-corrected chi connectivity index (χ3v) is 24.0. The Bertz CT molecular complexity index is 635. The summed E-state index contributed by atoms with van der Waals surface area (Å²) in [5, 5.41) is 3.27. The normalized spacial score (nSPS) is 19.0. The zero-order chi connectivity index (χ0) is 17.0. The van der Waals surface area contributed by atoms with Gasteiger partial charge in [0.1, 0.15) is 0 Å². The van der Waals surface area contributed by atoms with Gasteiger partial charge in [-0.1, -0.05) is 97.1 Å². The Kier molecular flexibility index (Phi) is 5.43. The summed E-state index contributed by atoms with van der Waals surface area (Å²) >= 11 is 0. The molecule has 1 fully saturated rings. The van der Waals surface area contributed by atoms with Gasteiger partial charge in [0, 0.05) is 0 Å². The predicted octanol–water partition coefficient (Wildman–Crippen LogP) is 3.69. The Morgan fingerprint density at radius 1 is 0.708 bits per heavy atom. The fourth-order valence-electron chi connectivity index (χ4n) is 4.19. The molecule has 2 aromatic rings. The molecular weight excluding hydrogens is 322 g/mol. The van der Waals surface area contributed by atoms with Crippen LogP contribution < -0.4 is 10.4 Å². The van der Waals surface area contributed by atoms with Gasteiger partial charge in [-0.3, -0.25) is 0 Å². The zero-order valence-corrected chi connectivity index (χ0v) is 17.5. The van der Waals surface area contributed by atoms with E-state index in [1.807, 2.05) is 0 Å². The molecular formula is C21H31NSi2. The topological polar surface area (TPSA) is 3.24 Å². The van der Waals surface area contributed by atoms with Crippen molar-refractivity contribution in [1.82, 2.24) is 4.90 Å². The Labute approximate surface area is 149 Å². The molecule has 1 saturated heterocycles. The third-order valence-electron chi connectivity index (χ3n) is 6.27. The molecule has 3 rings (SSSR count). The van der Waals surface area contributed by atoms with Crippen molar-refractivity contribution in [3.05, 3.63) is 60.7 Å². The van der Waals surface area contributed by atoms with Crippen LogP contribution in [0.1, 0.15) is 19.3 Å². The molecule has 0 saturated carbocycles. The minimum Gasteiger partial charge on any atom is -0.306 e. The minimum atomic E-state index is -1.62. The van der Waals surface area contributed by atoms with E-state index in [-0.39, 0.29) is 0 Å². The van der Waals surface area contributed by atoms with Crippen LogP contribution in [-0.2, 0) is 0 Å². The van der Waals surface area contributed by atoms with Crippen molar-refractivity contribution in [2.75, 3.05) is 19.3 Å². The molecule has 1 aliphatic rings. The summed E-state index contributed by atoms with van der Waals surface area (Å²) in [6.07, 6.45) is 5.50. The molecule has 0 bridgehead atoms. The maximum absolute atomic E-state index is 2.78. The highest BCUT2D eigenvalue weighted by atomic mass is 29.3. The molecule has 1 heterocycles. The summed E-state index contributed by atoms with van der Waals surface area (Å²) in [5.41, 5.74) is 0. The minimum absolute atomic E-state index is 1.30.